The fourth-order valence-electron chi connectivity index (χ4n) is 0.826. The first kappa shape index (κ1) is 13.5. The number of rotatable bonds is 5. The molecule has 0 aromatic heterocycles. The van der Waals surface area contributed by atoms with E-state index >= 15 is 0 Å². The molecular weight excluding hydrogens is 176 g/mol. The van der Waals surface area contributed by atoms with Gasteiger partial charge in [-0.15, -0.1) is 0 Å². The monoisotopic (exact) mass is 200 g/mol. The van der Waals surface area contributed by atoms with Gasteiger partial charge in [0, 0.05) is 0 Å². The summed E-state index contributed by atoms with van der Waals surface area (Å²) in [4.78, 5) is 10.2. The predicted molar refractivity (Wildman–Crippen MR) is 59.8 cm³/mol. The van der Waals surface area contributed by atoms with Crippen molar-refractivity contribution in [2.75, 3.05) is 0 Å². The Labute approximate surface area is 88.2 Å². The number of hydrogen-bond acceptors (Lipinski definition) is 2. The zero-order chi connectivity index (χ0) is 11.2. The quantitative estimate of drug-likeness (QED) is 0.378. The van der Waals surface area contributed by atoms with Crippen LogP contribution in [0.4, 0.5) is 0 Å². The van der Waals surface area contributed by atoms with Gasteiger partial charge in [-0.05, 0) is 52.0 Å². The van der Waals surface area contributed by atoms with Crippen LogP contribution in [0.25, 0.3) is 0 Å². The lowest BCUT2D eigenvalue weighted by Crippen LogP contribution is -2.17. The van der Waals surface area contributed by atoms with E-state index in [1.165, 1.54) is 12.0 Å². The zero-order valence-electron chi connectivity index (χ0n) is 10.4. The van der Waals surface area contributed by atoms with Crippen LogP contribution in [0.1, 0.15) is 54.4 Å². The minimum absolute atomic E-state index is 0.241. The van der Waals surface area contributed by atoms with Crippen molar-refractivity contribution in [2.24, 2.45) is 5.92 Å². The van der Waals surface area contributed by atoms with Crippen molar-refractivity contribution in [3.05, 3.63) is 11.8 Å². The molecule has 0 heterocycles. The third kappa shape index (κ3) is 9.59. The van der Waals surface area contributed by atoms with Gasteiger partial charge in [0.05, 0.1) is 0 Å². The molecule has 14 heavy (non-hydrogen) atoms. The predicted octanol–water partition coefficient (Wildman–Crippen LogP) is 4.07. The fourth-order valence-corrected chi connectivity index (χ4v) is 0.826. The molecule has 0 saturated carbocycles. The summed E-state index contributed by atoms with van der Waals surface area (Å²) in [5, 5.41) is 0. The standard InChI is InChI=1S/C12H24O2/c1-10(2)7-8-11(3)9-13-14-12(4,5)6/h9-10H,7-8H2,1-6H3. The van der Waals surface area contributed by atoms with Gasteiger partial charge in [-0.2, -0.15) is 4.89 Å². The Morgan fingerprint density at radius 2 is 1.86 bits per heavy atom. The summed E-state index contributed by atoms with van der Waals surface area (Å²) in [6.45, 7) is 12.4. The van der Waals surface area contributed by atoms with Crippen LogP contribution >= 0.6 is 0 Å². The van der Waals surface area contributed by atoms with Gasteiger partial charge in [0.25, 0.3) is 0 Å². The van der Waals surface area contributed by atoms with Crippen molar-refractivity contribution in [3.8, 4) is 0 Å². The smallest absolute Gasteiger partial charge is 0.128 e. The first-order valence-electron chi connectivity index (χ1n) is 5.31. The molecule has 0 amide bonds. The second-order valence-corrected chi connectivity index (χ2v) is 5.19. The highest BCUT2D eigenvalue weighted by Gasteiger charge is 2.10. The molecule has 0 radical (unpaired) electrons. The summed E-state index contributed by atoms with van der Waals surface area (Å²) in [6, 6.07) is 0. The molecule has 0 aliphatic carbocycles. The molecule has 0 spiro atoms. The van der Waals surface area contributed by atoms with E-state index in [-0.39, 0.29) is 5.60 Å². The Balaban J connectivity index is 3.67. The summed E-state index contributed by atoms with van der Waals surface area (Å²) in [6.07, 6.45) is 3.97. The Kier molecular flexibility index (Phi) is 5.86. The highest BCUT2D eigenvalue weighted by atomic mass is 17.2. The van der Waals surface area contributed by atoms with Gasteiger partial charge in [-0.1, -0.05) is 13.8 Å². The molecule has 0 aromatic rings. The molecule has 0 fully saturated rings. The summed E-state index contributed by atoms with van der Waals surface area (Å²) in [5.74, 6) is 0.738. The second-order valence-electron chi connectivity index (χ2n) is 5.19. The lowest BCUT2D eigenvalue weighted by molar-refractivity contribution is -0.311. The molecule has 2 heteroatoms. The molecule has 2 nitrogen and oxygen atoms in total. The number of hydrogen-bond donors (Lipinski definition) is 0. The molecule has 84 valence electrons. The Morgan fingerprint density at radius 3 is 2.29 bits per heavy atom. The van der Waals surface area contributed by atoms with Gasteiger partial charge in [0.15, 0.2) is 0 Å². The van der Waals surface area contributed by atoms with Gasteiger partial charge in [0.1, 0.15) is 11.9 Å². The molecule has 0 N–H and O–H groups in total. The van der Waals surface area contributed by atoms with E-state index in [0.29, 0.717) is 0 Å². The summed E-state index contributed by atoms with van der Waals surface area (Å²) >= 11 is 0. The first-order valence-corrected chi connectivity index (χ1v) is 5.31. The molecule has 0 bridgehead atoms. The van der Waals surface area contributed by atoms with Crippen molar-refractivity contribution in [2.45, 2.75) is 60.0 Å². The summed E-state index contributed by atoms with van der Waals surface area (Å²) in [7, 11) is 0. The SMILES string of the molecule is CC(=COOC(C)(C)C)CCC(C)C. The molecular formula is C12H24O2. The Bertz CT molecular complexity index is 175. The molecule has 0 saturated heterocycles. The first-order chi connectivity index (χ1) is 6.31. The minimum Gasteiger partial charge on any atom is -0.345 e. The van der Waals surface area contributed by atoms with Gasteiger partial charge in [-0.3, -0.25) is 0 Å². The van der Waals surface area contributed by atoms with Crippen LogP contribution in [-0.4, -0.2) is 5.60 Å². The van der Waals surface area contributed by atoms with Crippen molar-refractivity contribution in [3.63, 3.8) is 0 Å². The second kappa shape index (κ2) is 6.07. The average molecular weight is 200 g/mol. The molecule has 0 aliphatic heterocycles. The Hall–Kier alpha value is -0.500. The van der Waals surface area contributed by atoms with Crippen molar-refractivity contribution >= 4 is 0 Å². The fraction of sp³-hybridized carbons (Fsp3) is 0.833. The zero-order valence-corrected chi connectivity index (χ0v) is 10.4. The van der Waals surface area contributed by atoms with Gasteiger partial charge in [0.2, 0.25) is 0 Å². The van der Waals surface area contributed by atoms with Crippen LogP contribution in [0.3, 0.4) is 0 Å². The van der Waals surface area contributed by atoms with Crippen molar-refractivity contribution in [1.82, 2.24) is 0 Å². The van der Waals surface area contributed by atoms with Gasteiger partial charge < -0.3 is 4.89 Å². The van der Waals surface area contributed by atoms with Gasteiger partial charge in [-0.25, -0.2) is 0 Å². The molecule has 0 aliphatic rings. The van der Waals surface area contributed by atoms with Crippen LogP contribution in [0, 0.1) is 5.92 Å². The maximum atomic E-state index is 5.13. The van der Waals surface area contributed by atoms with Crippen LogP contribution < -0.4 is 0 Å². The van der Waals surface area contributed by atoms with Gasteiger partial charge >= 0.3 is 0 Å². The lowest BCUT2D eigenvalue weighted by atomic mass is 10.0. The normalized spacial score (nSPS) is 13.5. The van der Waals surface area contributed by atoms with Crippen LogP contribution in [0.2, 0.25) is 0 Å². The highest BCUT2D eigenvalue weighted by molar-refractivity contribution is 4.92. The summed E-state index contributed by atoms with van der Waals surface area (Å²) in [5.41, 5.74) is 0.984. The lowest BCUT2D eigenvalue weighted by Gasteiger charge is -2.16. The van der Waals surface area contributed by atoms with E-state index in [9.17, 15) is 0 Å². The van der Waals surface area contributed by atoms with E-state index in [1.54, 1.807) is 6.26 Å². The van der Waals surface area contributed by atoms with E-state index in [2.05, 4.69) is 20.8 Å². The molecule has 0 rings (SSSR count). The van der Waals surface area contributed by atoms with Crippen LogP contribution in [0.15, 0.2) is 11.8 Å². The third-order valence-corrected chi connectivity index (χ3v) is 1.66. The van der Waals surface area contributed by atoms with E-state index in [0.717, 1.165) is 12.3 Å². The third-order valence-electron chi connectivity index (χ3n) is 1.66. The molecule has 0 aromatic carbocycles. The number of allylic oxidation sites excluding steroid dienone is 1. The summed E-state index contributed by atoms with van der Waals surface area (Å²) < 4.78 is 0. The maximum Gasteiger partial charge on any atom is 0.128 e. The van der Waals surface area contributed by atoms with E-state index < -0.39 is 0 Å². The molecule has 0 atom stereocenters. The van der Waals surface area contributed by atoms with E-state index in [1.807, 2.05) is 20.8 Å². The largest absolute Gasteiger partial charge is 0.345 e. The van der Waals surface area contributed by atoms with Crippen molar-refractivity contribution in [1.29, 1.82) is 0 Å². The highest BCUT2D eigenvalue weighted by Crippen LogP contribution is 2.12. The molecule has 0 unspecified atom stereocenters. The average Bonchev–Trinajstić information content (AvgIpc) is 1.98. The van der Waals surface area contributed by atoms with E-state index in [4.69, 9.17) is 9.78 Å². The van der Waals surface area contributed by atoms with Crippen molar-refractivity contribution < 1.29 is 9.78 Å². The minimum atomic E-state index is -0.241. The maximum absolute atomic E-state index is 5.13. The van der Waals surface area contributed by atoms with Crippen LogP contribution in [-0.2, 0) is 9.78 Å². The topological polar surface area (TPSA) is 18.5 Å². The Morgan fingerprint density at radius 1 is 1.29 bits per heavy atom. The van der Waals surface area contributed by atoms with Crippen LogP contribution in [0.5, 0.6) is 0 Å².